The second-order valence-electron chi connectivity index (χ2n) is 3.39. The van der Waals surface area contributed by atoms with E-state index in [1.165, 1.54) is 7.11 Å². The fourth-order valence-electron chi connectivity index (χ4n) is 1.34. The summed E-state index contributed by atoms with van der Waals surface area (Å²) >= 11 is 0. The van der Waals surface area contributed by atoms with Gasteiger partial charge in [0.25, 0.3) is 0 Å². The number of Topliss-reactive ketones (excluding diaryl/α,β-unsaturated/α-hetero) is 1. The van der Waals surface area contributed by atoms with Gasteiger partial charge in [0.1, 0.15) is 0 Å². The molecule has 0 aliphatic rings. The fraction of sp³-hybridized carbons (Fsp3) is 0.333. The SMILES string of the molecule is COC(=O)c1cccc(C(=O)CCCN)c1. The van der Waals surface area contributed by atoms with E-state index in [0.29, 0.717) is 30.5 Å². The largest absolute Gasteiger partial charge is 0.465 e. The van der Waals surface area contributed by atoms with Crippen LogP contribution in [0.1, 0.15) is 33.6 Å². The van der Waals surface area contributed by atoms with Crippen LogP contribution in [0.4, 0.5) is 0 Å². The van der Waals surface area contributed by atoms with Crippen molar-refractivity contribution in [3.8, 4) is 0 Å². The van der Waals surface area contributed by atoms with E-state index in [-0.39, 0.29) is 5.78 Å². The molecule has 0 fully saturated rings. The molecule has 0 radical (unpaired) electrons. The number of hydrogen-bond donors (Lipinski definition) is 1. The Balaban J connectivity index is 2.81. The maximum Gasteiger partial charge on any atom is 0.337 e. The third kappa shape index (κ3) is 3.17. The van der Waals surface area contributed by atoms with Gasteiger partial charge in [-0.05, 0) is 25.1 Å². The smallest absolute Gasteiger partial charge is 0.337 e. The summed E-state index contributed by atoms with van der Waals surface area (Å²) in [7, 11) is 1.31. The minimum absolute atomic E-state index is 0.00352. The van der Waals surface area contributed by atoms with Crippen LogP contribution in [0.15, 0.2) is 24.3 Å². The minimum Gasteiger partial charge on any atom is -0.465 e. The molecule has 0 spiro atoms. The van der Waals surface area contributed by atoms with Gasteiger partial charge < -0.3 is 10.5 Å². The van der Waals surface area contributed by atoms with E-state index >= 15 is 0 Å². The topological polar surface area (TPSA) is 69.4 Å². The van der Waals surface area contributed by atoms with Crippen LogP contribution in [-0.2, 0) is 4.74 Å². The van der Waals surface area contributed by atoms with E-state index in [1.807, 2.05) is 0 Å². The summed E-state index contributed by atoms with van der Waals surface area (Å²) in [5, 5.41) is 0. The molecule has 0 unspecified atom stereocenters. The molecule has 4 heteroatoms. The molecule has 0 bridgehead atoms. The summed E-state index contributed by atoms with van der Waals surface area (Å²) in [6.07, 6.45) is 1.06. The number of benzene rings is 1. The average Bonchev–Trinajstić information content (AvgIpc) is 2.35. The van der Waals surface area contributed by atoms with Crippen LogP contribution >= 0.6 is 0 Å². The van der Waals surface area contributed by atoms with Crippen LogP contribution in [0.25, 0.3) is 0 Å². The first-order valence-electron chi connectivity index (χ1n) is 5.10. The summed E-state index contributed by atoms with van der Waals surface area (Å²) in [4.78, 5) is 22.9. The summed E-state index contributed by atoms with van der Waals surface area (Å²) in [6, 6.07) is 6.52. The zero-order chi connectivity index (χ0) is 12.0. The number of ketones is 1. The molecular weight excluding hydrogens is 206 g/mol. The highest BCUT2D eigenvalue weighted by Gasteiger charge is 2.09. The molecule has 1 aromatic rings. The molecular formula is C12H15NO3. The third-order valence-corrected chi connectivity index (χ3v) is 2.21. The molecule has 0 amide bonds. The minimum atomic E-state index is -0.437. The molecule has 1 aromatic carbocycles. The molecule has 86 valence electrons. The van der Waals surface area contributed by atoms with Crippen molar-refractivity contribution >= 4 is 11.8 Å². The molecule has 0 aliphatic heterocycles. The van der Waals surface area contributed by atoms with Gasteiger partial charge in [-0.15, -0.1) is 0 Å². The van der Waals surface area contributed by atoms with Gasteiger partial charge in [0.05, 0.1) is 12.7 Å². The highest BCUT2D eigenvalue weighted by Crippen LogP contribution is 2.09. The zero-order valence-corrected chi connectivity index (χ0v) is 9.23. The zero-order valence-electron chi connectivity index (χ0n) is 9.23. The summed E-state index contributed by atoms with van der Waals surface area (Å²) < 4.78 is 4.58. The van der Waals surface area contributed by atoms with E-state index in [2.05, 4.69) is 4.74 Å². The van der Waals surface area contributed by atoms with Crippen molar-refractivity contribution in [2.75, 3.05) is 13.7 Å². The number of carbonyl (C=O) groups excluding carboxylic acids is 2. The summed E-state index contributed by atoms with van der Waals surface area (Å²) in [5.41, 5.74) is 6.24. The van der Waals surface area contributed by atoms with Crippen molar-refractivity contribution in [1.29, 1.82) is 0 Å². The molecule has 1 rings (SSSR count). The number of ether oxygens (including phenoxy) is 1. The van der Waals surface area contributed by atoms with Crippen molar-refractivity contribution in [3.63, 3.8) is 0 Å². The Morgan fingerprint density at radius 2 is 2.00 bits per heavy atom. The Labute approximate surface area is 94.4 Å². The van der Waals surface area contributed by atoms with Crippen molar-refractivity contribution in [3.05, 3.63) is 35.4 Å². The molecule has 0 aliphatic carbocycles. The molecule has 16 heavy (non-hydrogen) atoms. The van der Waals surface area contributed by atoms with Crippen molar-refractivity contribution in [1.82, 2.24) is 0 Å². The van der Waals surface area contributed by atoms with Gasteiger partial charge in [-0.2, -0.15) is 0 Å². The maximum absolute atomic E-state index is 11.7. The van der Waals surface area contributed by atoms with E-state index < -0.39 is 5.97 Å². The molecule has 2 N–H and O–H groups in total. The lowest BCUT2D eigenvalue weighted by Crippen LogP contribution is -2.07. The fourth-order valence-corrected chi connectivity index (χ4v) is 1.34. The standard InChI is InChI=1S/C12H15NO3/c1-16-12(15)10-5-2-4-9(8-10)11(14)6-3-7-13/h2,4-5,8H,3,6-7,13H2,1H3. The van der Waals surface area contributed by atoms with Gasteiger partial charge >= 0.3 is 5.97 Å². The number of nitrogens with two attached hydrogens (primary N) is 1. The Kier molecular flexibility index (Phi) is 4.66. The van der Waals surface area contributed by atoms with Gasteiger partial charge in [0.15, 0.2) is 5.78 Å². The van der Waals surface area contributed by atoms with Crippen molar-refractivity contribution in [2.45, 2.75) is 12.8 Å². The average molecular weight is 221 g/mol. The lowest BCUT2D eigenvalue weighted by Gasteiger charge is -2.03. The van der Waals surface area contributed by atoms with E-state index in [4.69, 9.17) is 5.73 Å². The highest BCUT2D eigenvalue weighted by atomic mass is 16.5. The second kappa shape index (κ2) is 6.02. The van der Waals surface area contributed by atoms with E-state index in [1.54, 1.807) is 24.3 Å². The first kappa shape index (κ1) is 12.4. The predicted molar refractivity (Wildman–Crippen MR) is 60.4 cm³/mol. The first-order valence-corrected chi connectivity index (χ1v) is 5.10. The van der Waals surface area contributed by atoms with E-state index in [0.717, 1.165) is 0 Å². The molecule has 0 aromatic heterocycles. The Bertz CT molecular complexity index is 388. The second-order valence-corrected chi connectivity index (χ2v) is 3.39. The lowest BCUT2D eigenvalue weighted by molar-refractivity contribution is 0.0600. The third-order valence-electron chi connectivity index (χ3n) is 2.21. The highest BCUT2D eigenvalue weighted by molar-refractivity contribution is 5.99. The van der Waals surface area contributed by atoms with Gasteiger partial charge in [-0.3, -0.25) is 4.79 Å². The van der Waals surface area contributed by atoms with E-state index in [9.17, 15) is 9.59 Å². The van der Waals surface area contributed by atoms with Crippen LogP contribution < -0.4 is 5.73 Å². The number of carbonyl (C=O) groups is 2. The van der Waals surface area contributed by atoms with Crippen molar-refractivity contribution < 1.29 is 14.3 Å². The molecule has 4 nitrogen and oxygen atoms in total. The van der Waals surface area contributed by atoms with Crippen LogP contribution in [-0.4, -0.2) is 25.4 Å². The normalized spacial score (nSPS) is 9.88. The van der Waals surface area contributed by atoms with Crippen LogP contribution in [0.2, 0.25) is 0 Å². The number of methoxy groups -OCH3 is 1. The summed E-state index contributed by atoms with van der Waals surface area (Å²) in [6.45, 7) is 0.489. The predicted octanol–water partition coefficient (Wildman–Crippen LogP) is 1.39. The first-order chi connectivity index (χ1) is 7.69. The molecule has 0 saturated carbocycles. The maximum atomic E-state index is 11.7. The van der Waals surface area contributed by atoms with Gasteiger partial charge in [0.2, 0.25) is 0 Å². The van der Waals surface area contributed by atoms with Gasteiger partial charge in [-0.1, -0.05) is 12.1 Å². The van der Waals surface area contributed by atoms with Gasteiger partial charge in [0, 0.05) is 12.0 Å². The van der Waals surface area contributed by atoms with Crippen molar-refractivity contribution in [2.24, 2.45) is 5.73 Å². The molecule has 0 saturated heterocycles. The molecule has 0 atom stereocenters. The van der Waals surface area contributed by atoms with Gasteiger partial charge in [-0.25, -0.2) is 4.79 Å². The monoisotopic (exact) mass is 221 g/mol. The quantitative estimate of drug-likeness (QED) is 0.602. The van der Waals surface area contributed by atoms with Crippen LogP contribution in [0.5, 0.6) is 0 Å². The van der Waals surface area contributed by atoms with Crippen LogP contribution in [0, 0.1) is 0 Å². The number of rotatable bonds is 5. The molecule has 0 heterocycles. The summed E-state index contributed by atoms with van der Waals surface area (Å²) in [5.74, 6) is -0.440. The Morgan fingerprint density at radius 1 is 1.31 bits per heavy atom. The number of hydrogen-bond acceptors (Lipinski definition) is 4. The number of esters is 1. The van der Waals surface area contributed by atoms with Crippen LogP contribution in [0.3, 0.4) is 0 Å². The Hall–Kier alpha value is -1.68. The lowest BCUT2D eigenvalue weighted by atomic mass is 10.0. The Morgan fingerprint density at radius 3 is 2.62 bits per heavy atom.